The maximum absolute atomic E-state index is 12.2. The number of benzene rings is 1. The number of aromatic amines is 1. The van der Waals surface area contributed by atoms with Crippen molar-refractivity contribution >= 4 is 11.9 Å². The van der Waals surface area contributed by atoms with Crippen LogP contribution < -0.4 is 10.1 Å². The number of nitrogens with zero attached hydrogens (tertiary/aromatic N) is 1. The van der Waals surface area contributed by atoms with E-state index in [-0.39, 0.29) is 11.6 Å². The summed E-state index contributed by atoms with van der Waals surface area (Å²) in [5.74, 6) is -1.12. The van der Waals surface area contributed by atoms with Crippen LogP contribution in [0.15, 0.2) is 30.3 Å². The zero-order valence-electron chi connectivity index (χ0n) is 13.2. The van der Waals surface area contributed by atoms with E-state index >= 15 is 0 Å². The third-order valence-electron chi connectivity index (χ3n) is 3.41. The Morgan fingerprint density at radius 1 is 1.30 bits per heavy atom. The molecular weight excluding hydrogens is 298 g/mol. The molecule has 2 aromatic rings. The molecule has 1 aromatic carbocycles. The van der Waals surface area contributed by atoms with Gasteiger partial charge in [0.2, 0.25) is 0 Å². The van der Waals surface area contributed by atoms with Crippen LogP contribution in [0, 0.1) is 5.92 Å². The zero-order chi connectivity index (χ0) is 17.0. The normalized spacial score (nSPS) is 12.0. The lowest BCUT2D eigenvalue weighted by molar-refractivity contribution is -0.140. The first kappa shape index (κ1) is 16.5. The summed E-state index contributed by atoms with van der Waals surface area (Å²) >= 11 is 0. The highest BCUT2D eigenvalue weighted by molar-refractivity contribution is 5.95. The number of ether oxygens (including phenoxy) is 1. The molecule has 0 unspecified atom stereocenters. The van der Waals surface area contributed by atoms with Crippen LogP contribution in [0.3, 0.4) is 0 Å². The number of nitrogens with one attached hydrogen (secondary N) is 2. The molecule has 0 spiro atoms. The second-order valence-electron chi connectivity index (χ2n) is 5.43. The third-order valence-corrected chi connectivity index (χ3v) is 3.41. The van der Waals surface area contributed by atoms with Crippen molar-refractivity contribution in [1.29, 1.82) is 0 Å². The van der Waals surface area contributed by atoms with Crippen LogP contribution in [0.25, 0.3) is 11.3 Å². The number of H-pyrrole nitrogens is 1. The van der Waals surface area contributed by atoms with E-state index in [1.54, 1.807) is 33.1 Å². The fourth-order valence-electron chi connectivity index (χ4n) is 2.10. The summed E-state index contributed by atoms with van der Waals surface area (Å²) in [4.78, 5) is 23.3. The number of carbonyl (C=O) groups is 2. The Morgan fingerprint density at radius 2 is 2.04 bits per heavy atom. The first-order valence-corrected chi connectivity index (χ1v) is 7.16. The van der Waals surface area contributed by atoms with Gasteiger partial charge in [-0.15, -0.1) is 0 Å². The van der Waals surface area contributed by atoms with Crippen molar-refractivity contribution in [2.24, 2.45) is 5.92 Å². The fraction of sp³-hybridized carbons (Fsp3) is 0.312. The van der Waals surface area contributed by atoms with Gasteiger partial charge in [-0.2, -0.15) is 5.10 Å². The van der Waals surface area contributed by atoms with Crippen molar-refractivity contribution in [3.05, 3.63) is 36.0 Å². The second-order valence-corrected chi connectivity index (χ2v) is 5.43. The molecule has 122 valence electrons. The van der Waals surface area contributed by atoms with Crippen LogP contribution in [0.4, 0.5) is 0 Å². The number of rotatable bonds is 6. The molecule has 1 heterocycles. The highest BCUT2D eigenvalue weighted by Crippen LogP contribution is 2.22. The van der Waals surface area contributed by atoms with E-state index in [1.165, 1.54) is 0 Å². The number of carbonyl (C=O) groups excluding carboxylic acids is 1. The Morgan fingerprint density at radius 3 is 2.65 bits per heavy atom. The molecule has 1 aromatic heterocycles. The summed E-state index contributed by atoms with van der Waals surface area (Å²) < 4.78 is 5.15. The topological polar surface area (TPSA) is 104 Å². The summed E-state index contributed by atoms with van der Waals surface area (Å²) in [6.45, 7) is 3.46. The van der Waals surface area contributed by atoms with Gasteiger partial charge >= 0.3 is 5.97 Å². The summed E-state index contributed by atoms with van der Waals surface area (Å²) in [5, 5.41) is 18.3. The standard InChI is InChI=1S/C16H19N3O4/c1-9(2)14(16(21)22)17-15(20)13-8-12(18-19-13)10-5-4-6-11(7-10)23-3/h4-9,14H,1-3H3,(H,17,20)(H,18,19)(H,21,22)/t14-/m1/s1. The molecule has 0 bridgehead atoms. The van der Waals surface area contributed by atoms with Crippen LogP contribution in [0.5, 0.6) is 5.75 Å². The summed E-state index contributed by atoms with van der Waals surface area (Å²) in [6.07, 6.45) is 0. The molecule has 0 aliphatic carbocycles. The van der Waals surface area contributed by atoms with Gasteiger partial charge in [0.05, 0.1) is 12.8 Å². The first-order chi connectivity index (χ1) is 10.9. The van der Waals surface area contributed by atoms with Crippen molar-refractivity contribution in [2.75, 3.05) is 7.11 Å². The van der Waals surface area contributed by atoms with Crippen molar-refractivity contribution in [3.8, 4) is 17.0 Å². The molecule has 0 saturated heterocycles. The lowest BCUT2D eigenvalue weighted by atomic mass is 10.0. The van der Waals surface area contributed by atoms with Crippen molar-refractivity contribution in [3.63, 3.8) is 0 Å². The monoisotopic (exact) mass is 317 g/mol. The average Bonchev–Trinajstić information content (AvgIpc) is 3.01. The number of hydrogen-bond acceptors (Lipinski definition) is 4. The van der Waals surface area contributed by atoms with Crippen molar-refractivity contribution < 1.29 is 19.4 Å². The molecule has 0 saturated carbocycles. The molecule has 2 rings (SSSR count). The van der Waals surface area contributed by atoms with Crippen LogP contribution >= 0.6 is 0 Å². The van der Waals surface area contributed by atoms with Gasteiger partial charge in [-0.05, 0) is 24.1 Å². The van der Waals surface area contributed by atoms with Gasteiger partial charge < -0.3 is 15.2 Å². The molecule has 1 atom stereocenters. The molecule has 23 heavy (non-hydrogen) atoms. The molecule has 0 radical (unpaired) electrons. The third kappa shape index (κ3) is 3.88. The van der Waals surface area contributed by atoms with Gasteiger partial charge in [-0.1, -0.05) is 26.0 Å². The second kappa shape index (κ2) is 6.95. The number of aromatic nitrogens is 2. The average molecular weight is 317 g/mol. The van der Waals surface area contributed by atoms with E-state index in [1.807, 2.05) is 18.2 Å². The Labute approximate surface area is 133 Å². The molecule has 0 aliphatic rings. The molecule has 7 nitrogen and oxygen atoms in total. The van der Waals surface area contributed by atoms with Gasteiger partial charge in [0.25, 0.3) is 5.91 Å². The van der Waals surface area contributed by atoms with E-state index in [4.69, 9.17) is 9.84 Å². The van der Waals surface area contributed by atoms with Crippen LogP contribution in [0.1, 0.15) is 24.3 Å². The van der Waals surface area contributed by atoms with E-state index < -0.39 is 17.9 Å². The van der Waals surface area contributed by atoms with Crippen molar-refractivity contribution in [1.82, 2.24) is 15.5 Å². The van der Waals surface area contributed by atoms with Gasteiger partial charge in [0.1, 0.15) is 17.5 Å². The van der Waals surface area contributed by atoms with Crippen LogP contribution in [-0.2, 0) is 4.79 Å². The SMILES string of the molecule is COc1cccc(-c2cc(C(=O)N[C@@H](C(=O)O)C(C)C)[nH]n2)c1. The molecule has 3 N–H and O–H groups in total. The fourth-order valence-corrected chi connectivity index (χ4v) is 2.10. The molecule has 0 aliphatic heterocycles. The molecule has 7 heteroatoms. The predicted molar refractivity (Wildman–Crippen MR) is 84.3 cm³/mol. The number of hydrogen-bond donors (Lipinski definition) is 3. The minimum Gasteiger partial charge on any atom is -0.497 e. The molecule has 0 fully saturated rings. The smallest absolute Gasteiger partial charge is 0.326 e. The number of carboxylic acids is 1. The quantitative estimate of drug-likeness (QED) is 0.755. The lowest BCUT2D eigenvalue weighted by Crippen LogP contribution is -2.44. The Balaban J connectivity index is 2.18. The summed E-state index contributed by atoms with van der Waals surface area (Å²) in [7, 11) is 1.57. The lowest BCUT2D eigenvalue weighted by Gasteiger charge is -2.17. The Bertz CT molecular complexity index is 709. The van der Waals surface area contributed by atoms with Crippen LogP contribution in [0.2, 0.25) is 0 Å². The minimum atomic E-state index is -1.07. The summed E-state index contributed by atoms with van der Waals surface area (Å²) in [6, 6.07) is 7.89. The summed E-state index contributed by atoms with van der Waals surface area (Å²) in [5.41, 5.74) is 1.57. The maximum atomic E-state index is 12.2. The van der Waals surface area contributed by atoms with Gasteiger partial charge in [0, 0.05) is 5.56 Å². The zero-order valence-corrected chi connectivity index (χ0v) is 13.2. The first-order valence-electron chi connectivity index (χ1n) is 7.16. The number of methoxy groups -OCH3 is 1. The molecular formula is C16H19N3O4. The number of amides is 1. The van der Waals surface area contributed by atoms with E-state index in [0.29, 0.717) is 11.4 Å². The van der Waals surface area contributed by atoms with Crippen molar-refractivity contribution in [2.45, 2.75) is 19.9 Å². The number of carboxylic acid groups (broad SMARTS) is 1. The van der Waals surface area contributed by atoms with Crippen LogP contribution in [-0.4, -0.2) is 40.3 Å². The van der Waals surface area contributed by atoms with Gasteiger partial charge in [-0.25, -0.2) is 4.79 Å². The highest BCUT2D eigenvalue weighted by atomic mass is 16.5. The predicted octanol–water partition coefficient (Wildman–Crippen LogP) is 1.92. The maximum Gasteiger partial charge on any atom is 0.326 e. The Kier molecular flexibility index (Phi) is 5.00. The highest BCUT2D eigenvalue weighted by Gasteiger charge is 2.24. The minimum absolute atomic E-state index is 0.203. The largest absolute Gasteiger partial charge is 0.497 e. The van der Waals surface area contributed by atoms with Gasteiger partial charge in [-0.3, -0.25) is 9.89 Å². The molecule has 1 amide bonds. The van der Waals surface area contributed by atoms with E-state index in [0.717, 1.165) is 5.56 Å². The Hall–Kier alpha value is -2.83. The number of aliphatic carboxylic acids is 1. The van der Waals surface area contributed by atoms with E-state index in [9.17, 15) is 9.59 Å². The van der Waals surface area contributed by atoms with E-state index in [2.05, 4.69) is 15.5 Å². The van der Waals surface area contributed by atoms with Gasteiger partial charge in [0.15, 0.2) is 0 Å².